The Morgan fingerprint density at radius 1 is 1.53 bits per heavy atom. The second-order valence-electron chi connectivity index (χ2n) is 4.60. The Morgan fingerprint density at radius 2 is 2.11 bits per heavy atom. The van der Waals surface area contributed by atoms with Crippen molar-refractivity contribution < 1.29 is 17.6 Å². The van der Waals surface area contributed by atoms with E-state index in [0.29, 0.717) is 5.92 Å². The summed E-state index contributed by atoms with van der Waals surface area (Å²) in [5.41, 5.74) is 0.0459. The third kappa shape index (κ3) is 3.13. The lowest BCUT2D eigenvalue weighted by Gasteiger charge is -2.08. The van der Waals surface area contributed by atoms with Crippen LogP contribution in [0, 0.1) is 11.7 Å². The lowest BCUT2D eigenvalue weighted by atomic mass is 10.2. The Kier molecular flexibility index (Phi) is 3.67. The quantitative estimate of drug-likeness (QED) is 0.862. The van der Waals surface area contributed by atoms with Crippen LogP contribution in [-0.4, -0.2) is 20.4 Å². The molecule has 0 aliphatic heterocycles. The summed E-state index contributed by atoms with van der Waals surface area (Å²) in [5.74, 6) is -1.04. The number of hydrogen-bond donors (Lipinski definition) is 2. The normalized spacial score (nSPS) is 22.1. The summed E-state index contributed by atoms with van der Waals surface area (Å²) in [7, 11) is -4.21. The molecule has 2 rings (SSSR count). The van der Waals surface area contributed by atoms with Crippen molar-refractivity contribution in [3.8, 4) is 0 Å². The fourth-order valence-corrected chi connectivity index (χ4v) is 2.80. The maximum Gasteiger partial charge on any atom is 0.252 e. The largest absolute Gasteiger partial charge is 0.349 e. The van der Waals surface area contributed by atoms with Crippen molar-refractivity contribution in [2.24, 2.45) is 11.1 Å². The SMILES string of the molecule is CC1CC1NC(=O)c1cc(S(N)(=O)=O)c(F)cc1Br. The Labute approximate surface area is 118 Å². The van der Waals surface area contributed by atoms with Gasteiger partial charge in [-0.1, -0.05) is 6.92 Å². The van der Waals surface area contributed by atoms with Gasteiger partial charge in [0.05, 0.1) is 5.56 Å². The van der Waals surface area contributed by atoms with Crippen LogP contribution in [0.25, 0.3) is 0 Å². The molecule has 1 saturated carbocycles. The molecule has 5 nitrogen and oxygen atoms in total. The molecule has 0 saturated heterocycles. The minimum absolute atomic E-state index is 0.0459. The fraction of sp³-hybridized carbons (Fsp3) is 0.364. The van der Waals surface area contributed by atoms with Crippen molar-refractivity contribution >= 4 is 31.9 Å². The van der Waals surface area contributed by atoms with Gasteiger partial charge in [0, 0.05) is 10.5 Å². The molecule has 0 heterocycles. The zero-order valence-corrected chi connectivity index (χ0v) is 12.4. The molecule has 104 valence electrons. The molecule has 0 spiro atoms. The molecule has 1 fully saturated rings. The molecule has 8 heteroatoms. The van der Waals surface area contributed by atoms with Gasteiger partial charge in [0.25, 0.3) is 5.91 Å². The van der Waals surface area contributed by atoms with E-state index < -0.39 is 26.6 Å². The highest BCUT2D eigenvalue weighted by Crippen LogP contribution is 2.30. The molecule has 3 N–H and O–H groups in total. The number of sulfonamides is 1. The van der Waals surface area contributed by atoms with E-state index >= 15 is 0 Å². The molecule has 1 aromatic carbocycles. The van der Waals surface area contributed by atoms with E-state index in [2.05, 4.69) is 21.2 Å². The van der Waals surface area contributed by atoms with E-state index in [1.165, 1.54) is 0 Å². The Hall–Kier alpha value is -0.990. The molecule has 0 bridgehead atoms. The summed E-state index contributed by atoms with van der Waals surface area (Å²) in [5, 5.41) is 7.63. The maximum absolute atomic E-state index is 13.5. The van der Waals surface area contributed by atoms with Crippen LogP contribution < -0.4 is 10.5 Å². The molecule has 1 aromatic rings. The van der Waals surface area contributed by atoms with E-state index in [9.17, 15) is 17.6 Å². The Morgan fingerprint density at radius 3 is 2.58 bits per heavy atom. The van der Waals surface area contributed by atoms with Crippen LogP contribution in [-0.2, 0) is 10.0 Å². The second-order valence-corrected chi connectivity index (χ2v) is 6.98. The Balaban J connectivity index is 2.37. The summed E-state index contributed by atoms with van der Waals surface area (Å²) < 4.78 is 36.1. The van der Waals surface area contributed by atoms with Gasteiger partial charge < -0.3 is 5.32 Å². The van der Waals surface area contributed by atoms with Gasteiger partial charge in [-0.2, -0.15) is 0 Å². The average Bonchev–Trinajstić information content (AvgIpc) is 2.91. The van der Waals surface area contributed by atoms with E-state index in [4.69, 9.17) is 5.14 Å². The van der Waals surface area contributed by atoms with Crippen molar-refractivity contribution in [3.63, 3.8) is 0 Å². The number of nitrogens with two attached hydrogens (primary N) is 1. The van der Waals surface area contributed by atoms with Gasteiger partial charge in [0.1, 0.15) is 10.7 Å². The summed E-state index contributed by atoms with van der Waals surface area (Å²) in [4.78, 5) is 11.3. The Bertz CT molecular complexity index is 648. The first-order chi connectivity index (χ1) is 8.70. The van der Waals surface area contributed by atoms with E-state index in [1.807, 2.05) is 6.92 Å². The van der Waals surface area contributed by atoms with Gasteiger partial charge in [-0.25, -0.2) is 17.9 Å². The van der Waals surface area contributed by atoms with Crippen molar-refractivity contribution in [3.05, 3.63) is 28.0 Å². The number of carbonyl (C=O) groups is 1. The van der Waals surface area contributed by atoms with Crippen LogP contribution in [0.15, 0.2) is 21.5 Å². The van der Waals surface area contributed by atoms with E-state index in [-0.39, 0.29) is 16.1 Å². The highest BCUT2D eigenvalue weighted by molar-refractivity contribution is 9.10. The number of carbonyl (C=O) groups excluding carboxylic acids is 1. The number of hydrogen-bond acceptors (Lipinski definition) is 3. The number of amides is 1. The van der Waals surface area contributed by atoms with Gasteiger partial charge in [-0.15, -0.1) is 0 Å². The van der Waals surface area contributed by atoms with Crippen molar-refractivity contribution in [2.45, 2.75) is 24.3 Å². The van der Waals surface area contributed by atoms with Gasteiger partial charge in [0.15, 0.2) is 0 Å². The number of primary sulfonamides is 1. The van der Waals surface area contributed by atoms with Crippen LogP contribution >= 0.6 is 15.9 Å². The monoisotopic (exact) mass is 350 g/mol. The lowest BCUT2D eigenvalue weighted by Crippen LogP contribution is -2.27. The molecule has 0 radical (unpaired) electrons. The van der Waals surface area contributed by atoms with Crippen LogP contribution in [0.3, 0.4) is 0 Å². The smallest absolute Gasteiger partial charge is 0.252 e. The third-order valence-electron chi connectivity index (χ3n) is 3.00. The van der Waals surface area contributed by atoms with E-state index in [0.717, 1.165) is 18.6 Å². The topological polar surface area (TPSA) is 89.3 Å². The summed E-state index contributed by atoms with van der Waals surface area (Å²) in [6, 6.07) is 1.95. The predicted octanol–water partition coefficient (Wildman–Crippen LogP) is 1.37. The summed E-state index contributed by atoms with van der Waals surface area (Å²) in [6.45, 7) is 1.99. The van der Waals surface area contributed by atoms with Crippen molar-refractivity contribution in [2.75, 3.05) is 0 Å². The predicted molar refractivity (Wildman–Crippen MR) is 70.5 cm³/mol. The first-order valence-corrected chi connectivity index (χ1v) is 7.87. The number of nitrogens with one attached hydrogen (secondary N) is 1. The summed E-state index contributed by atoms with van der Waals surface area (Å²) in [6.07, 6.45) is 0.882. The highest BCUT2D eigenvalue weighted by atomic mass is 79.9. The highest BCUT2D eigenvalue weighted by Gasteiger charge is 2.34. The molecule has 2 atom stereocenters. The first-order valence-electron chi connectivity index (χ1n) is 5.53. The van der Waals surface area contributed by atoms with Crippen LogP contribution in [0.1, 0.15) is 23.7 Å². The fourth-order valence-electron chi connectivity index (χ4n) is 1.69. The molecule has 1 aliphatic carbocycles. The standard InChI is InChI=1S/C11H12BrFN2O3S/c1-5-2-9(5)15-11(16)6-3-10(19(14,17)18)8(13)4-7(6)12/h3-5,9H,2H2,1H3,(H,15,16)(H2,14,17,18). The van der Waals surface area contributed by atoms with Crippen LogP contribution in [0.5, 0.6) is 0 Å². The lowest BCUT2D eigenvalue weighted by molar-refractivity contribution is 0.0948. The number of rotatable bonds is 3. The minimum Gasteiger partial charge on any atom is -0.349 e. The molecule has 0 aromatic heterocycles. The second kappa shape index (κ2) is 4.84. The van der Waals surface area contributed by atoms with Gasteiger partial charge >= 0.3 is 0 Å². The van der Waals surface area contributed by atoms with Crippen molar-refractivity contribution in [1.82, 2.24) is 5.32 Å². The molecule has 1 amide bonds. The number of benzene rings is 1. The van der Waals surface area contributed by atoms with Gasteiger partial charge in [-0.3, -0.25) is 4.79 Å². The van der Waals surface area contributed by atoms with Crippen molar-refractivity contribution in [1.29, 1.82) is 0 Å². The third-order valence-corrected chi connectivity index (χ3v) is 4.58. The van der Waals surface area contributed by atoms with Crippen LogP contribution in [0.2, 0.25) is 0 Å². The first kappa shape index (κ1) is 14.4. The minimum atomic E-state index is -4.21. The van der Waals surface area contributed by atoms with Gasteiger partial charge in [-0.05, 0) is 40.4 Å². The zero-order chi connectivity index (χ0) is 14.4. The maximum atomic E-state index is 13.5. The number of halogens is 2. The average molecular weight is 351 g/mol. The molecular weight excluding hydrogens is 339 g/mol. The molecule has 1 aliphatic rings. The van der Waals surface area contributed by atoms with Crippen LogP contribution in [0.4, 0.5) is 4.39 Å². The zero-order valence-electron chi connectivity index (χ0n) is 9.98. The van der Waals surface area contributed by atoms with Gasteiger partial charge in [0.2, 0.25) is 10.0 Å². The molecule has 19 heavy (non-hydrogen) atoms. The summed E-state index contributed by atoms with van der Waals surface area (Å²) >= 11 is 3.04. The molecular formula is C11H12BrFN2O3S. The van der Waals surface area contributed by atoms with E-state index in [1.54, 1.807) is 0 Å². The molecule has 2 unspecified atom stereocenters.